The monoisotopic (exact) mass is 539 g/mol. The molecule has 0 saturated heterocycles. The summed E-state index contributed by atoms with van der Waals surface area (Å²) in [5.74, 6) is -5.31. The molecule has 202 valence electrons. The van der Waals surface area contributed by atoms with Gasteiger partial charge in [0.2, 0.25) is 5.43 Å². The second-order valence-electron chi connectivity index (χ2n) is 9.29. The molecule has 2 bridgehead atoms. The van der Waals surface area contributed by atoms with Crippen molar-refractivity contribution in [1.82, 2.24) is 14.8 Å². The smallest absolute Gasteiger partial charge is 0.275 e. The number of aromatic nitrogens is 1. The highest BCUT2D eigenvalue weighted by atomic mass is 19.1. The number of nitrogens with zero attached hydrogens (tertiary/aromatic N) is 2. The summed E-state index contributed by atoms with van der Waals surface area (Å²) < 4.78 is 48.8. The number of pyridine rings is 1. The molecular formula is C28H24F3N3O5. The zero-order valence-corrected chi connectivity index (χ0v) is 20.6. The number of ether oxygens (including phenoxy) is 1. The largest absolute Gasteiger partial charge is 0.483 e. The summed E-state index contributed by atoms with van der Waals surface area (Å²) in [7, 11) is 0. The van der Waals surface area contributed by atoms with Gasteiger partial charge in [-0.25, -0.2) is 13.2 Å². The average molecular weight is 540 g/mol. The number of nitrogens with one attached hydrogen (secondary N) is 1. The van der Waals surface area contributed by atoms with Crippen molar-refractivity contribution in [2.75, 3.05) is 13.2 Å². The first-order valence-corrected chi connectivity index (χ1v) is 12.2. The summed E-state index contributed by atoms with van der Waals surface area (Å²) in [5.41, 5.74) is -1.18. The Morgan fingerprint density at radius 2 is 1.82 bits per heavy atom. The van der Waals surface area contributed by atoms with Crippen LogP contribution >= 0.6 is 0 Å². The Kier molecular flexibility index (Phi) is 7.25. The molecule has 0 spiro atoms. The van der Waals surface area contributed by atoms with Gasteiger partial charge in [-0.05, 0) is 12.0 Å². The van der Waals surface area contributed by atoms with Crippen LogP contribution in [-0.4, -0.2) is 45.6 Å². The van der Waals surface area contributed by atoms with Gasteiger partial charge < -0.3 is 24.6 Å². The van der Waals surface area contributed by atoms with Crippen LogP contribution in [0, 0.1) is 17.5 Å². The summed E-state index contributed by atoms with van der Waals surface area (Å²) in [5, 5.41) is 12.1. The Bertz CT molecular complexity index is 1500. The van der Waals surface area contributed by atoms with E-state index in [1.165, 1.54) is 15.7 Å². The second kappa shape index (κ2) is 10.8. The molecule has 2 amide bonds. The minimum Gasteiger partial charge on any atom is -0.483 e. The molecule has 2 aromatic carbocycles. The third-order valence-corrected chi connectivity index (χ3v) is 6.81. The molecule has 39 heavy (non-hydrogen) atoms. The molecule has 0 radical (unpaired) electrons. The fourth-order valence-electron chi connectivity index (χ4n) is 4.80. The lowest BCUT2D eigenvalue weighted by molar-refractivity contribution is 0.0548. The van der Waals surface area contributed by atoms with E-state index < -0.39 is 58.4 Å². The van der Waals surface area contributed by atoms with E-state index in [0.717, 1.165) is 0 Å². The molecule has 3 aromatic rings. The predicted octanol–water partition coefficient (Wildman–Crippen LogP) is 3.09. The molecule has 2 aliphatic rings. The summed E-state index contributed by atoms with van der Waals surface area (Å²) in [6.45, 7) is -0.802. The van der Waals surface area contributed by atoms with Crippen LogP contribution in [0.25, 0.3) is 0 Å². The van der Waals surface area contributed by atoms with Gasteiger partial charge >= 0.3 is 0 Å². The van der Waals surface area contributed by atoms with Crippen molar-refractivity contribution in [3.63, 3.8) is 0 Å². The summed E-state index contributed by atoms with van der Waals surface area (Å²) in [6.07, 6.45) is 5.22. The van der Waals surface area contributed by atoms with Gasteiger partial charge in [0.15, 0.2) is 11.4 Å². The molecule has 2 atom stereocenters. The van der Waals surface area contributed by atoms with Gasteiger partial charge in [0, 0.05) is 37.0 Å². The number of hydrogen-bond acceptors (Lipinski definition) is 5. The number of fused-ring (bicyclic) bond motifs is 4. The van der Waals surface area contributed by atoms with Gasteiger partial charge in [-0.1, -0.05) is 42.5 Å². The molecule has 11 heteroatoms. The van der Waals surface area contributed by atoms with E-state index in [4.69, 9.17) is 4.74 Å². The topological polar surface area (TPSA) is 101 Å². The van der Waals surface area contributed by atoms with Crippen LogP contribution in [-0.2, 0) is 13.2 Å². The van der Waals surface area contributed by atoms with Crippen molar-refractivity contribution in [2.24, 2.45) is 0 Å². The third-order valence-electron chi connectivity index (χ3n) is 6.81. The van der Waals surface area contributed by atoms with Crippen molar-refractivity contribution in [1.29, 1.82) is 0 Å². The highest BCUT2D eigenvalue weighted by molar-refractivity contribution is 5.99. The Morgan fingerprint density at radius 1 is 1.10 bits per heavy atom. The van der Waals surface area contributed by atoms with Gasteiger partial charge in [-0.2, -0.15) is 0 Å². The number of halogens is 3. The highest BCUT2D eigenvalue weighted by Gasteiger charge is 2.39. The fraction of sp³-hybridized carbons (Fsp3) is 0.250. The number of carbonyl (C=O) groups excluding carboxylic acids is 2. The van der Waals surface area contributed by atoms with Crippen molar-refractivity contribution in [3.05, 3.63) is 111 Å². The van der Waals surface area contributed by atoms with Gasteiger partial charge in [-0.3, -0.25) is 14.4 Å². The van der Waals surface area contributed by atoms with E-state index >= 15 is 0 Å². The van der Waals surface area contributed by atoms with Gasteiger partial charge in [0.05, 0.1) is 18.7 Å². The minimum atomic E-state index is -1.18. The molecule has 5 rings (SSSR count). The number of allylic oxidation sites excluding steroid dienone is 1. The predicted molar refractivity (Wildman–Crippen MR) is 134 cm³/mol. The highest BCUT2D eigenvalue weighted by Crippen LogP contribution is 2.32. The second-order valence-corrected chi connectivity index (χ2v) is 9.29. The molecule has 0 saturated carbocycles. The number of aliphatic hydroxyl groups is 1. The number of benzene rings is 2. The molecule has 2 aliphatic heterocycles. The first kappa shape index (κ1) is 26.2. The van der Waals surface area contributed by atoms with Crippen LogP contribution in [0.3, 0.4) is 0 Å². The van der Waals surface area contributed by atoms with Crippen LogP contribution in [0.5, 0.6) is 5.75 Å². The normalized spacial score (nSPS) is 17.9. The van der Waals surface area contributed by atoms with E-state index in [0.29, 0.717) is 24.1 Å². The average Bonchev–Trinajstić information content (AvgIpc) is 3.11. The van der Waals surface area contributed by atoms with Gasteiger partial charge in [-0.15, -0.1) is 0 Å². The maximum absolute atomic E-state index is 14.1. The van der Waals surface area contributed by atoms with Crippen molar-refractivity contribution < 1.29 is 32.6 Å². The number of rotatable bonds is 7. The third kappa shape index (κ3) is 5.05. The zero-order valence-electron chi connectivity index (χ0n) is 20.6. The number of amides is 2. The van der Waals surface area contributed by atoms with Crippen LogP contribution in [0.2, 0.25) is 0 Å². The maximum atomic E-state index is 14.1. The molecule has 3 heterocycles. The Balaban J connectivity index is 1.55. The molecule has 1 aromatic heterocycles. The van der Waals surface area contributed by atoms with E-state index in [2.05, 4.69) is 5.32 Å². The SMILES string of the molecule is O=C(NCc1c(F)cc(F)cc1F)c1cn2c(c(OCc3ccccc3)c1=O)C(=O)N1CC2CC=C[C@@H]1CO. The number of hydrogen-bond donors (Lipinski definition) is 2. The minimum absolute atomic E-state index is 0.0542. The Labute approximate surface area is 220 Å². The molecule has 8 nitrogen and oxygen atoms in total. The van der Waals surface area contributed by atoms with Crippen molar-refractivity contribution in [3.8, 4) is 5.75 Å². The fourth-order valence-corrected chi connectivity index (χ4v) is 4.80. The van der Waals surface area contributed by atoms with Gasteiger partial charge in [0.25, 0.3) is 11.8 Å². The molecule has 2 N–H and O–H groups in total. The Morgan fingerprint density at radius 3 is 2.51 bits per heavy atom. The number of aliphatic hydroxyl groups excluding tert-OH is 1. The van der Waals surface area contributed by atoms with Crippen molar-refractivity contribution >= 4 is 11.8 Å². The van der Waals surface area contributed by atoms with Crippen LogP contribution in [0.4, 0.5) is 13.2 Å². The van der Waals surface area contributed by atoms with E-state index in [-0.39, 0.29) is 37.2 Å². The van der Waals surface area contributed by atoms with Crippen LogP contribution in [0.15, 0.2) is 65.6 Å². The van der Waals surface area contributed by atoms with Crippen molar-refractivity contribution in [2.45, 2.75) is 31.7 Å². The number of carbonyl (C=O) groups is 2. The summed E-state index contributed by atoms with van der Waals surface area (Å²) in [6, 6.07) is 8.92. The zero-order chi connectivity index (χ0) is 27.7. The van der Waals surface area contributed by atoms with E-state index in [1.54, 1.807) is 30.3 Å². The first-order chi connectivity index (χ1) is 18.8. The van der Waals surface area contributed by atoms with E-state index in [9.17, 15) is 32.7 Å². The Hall–Kier alpha value is -4.38. The van der Waals surface area contributed by atoms with Crippen LogP contribution < -0.4 is 15.5 Å². The summed E-state index contributed by atoms with van der Waals surface area (Å²) in [4.78, 5) is 41.7. The standard InChI is InChI=1S/C28H24F3N3O5/c29-17-9-22(30)20(23(31)10-17)11-32-27(37)21-13-33-18-7-4-8-19(14-35)34(12-18)28(38)24(33)26(25(21)36)39-15-16-5-2-1-3-6-16/h1-6,8-10,13,18-19,35H,7,11-12,14-15H2,(H,32,37)/t18?,19-/m1/s1. The lowest BCUT2D eigenvalue weighted by Crippen LogP contribution is -2.49. The molecule has 1 unspecified atom stereocenters. The van der Waals surface area contributed by atoms with Gasteiger partial charge in [0.1, 0.15) is 29.6 Å². The van der Waals surface area contributed by atoms with Crippen LogP contribution in [0.1, 0.15) is 44.4 Å². The quantitative estimate of drug-likeness (QED) is 0.450. The summed E-state index contributed by atoms with van der Waals surface area (Å²) >= 11 is 0. The molecule has 0 aliphatic carbocycles. The molecular weight excluding hydrogens is 515 g/mol. The van der Waals surface area contributed by atoms with E-state index in [1.807, 2.05) is 12.1 Å². The lowest BCUT2D eigenvalue weighted by atomic mass is 10.1. The molecule has 0 fully saturated rings. The maximum Gasteiger partial charge on any atom is 0.275 e. The first-order valence-electron chi connectivity index (χ1n) is 12.2. The lowest BCUT2D eigenvalue weighted by Gasteiger charge is -2.38.